The third-order valence-corrected chi connectivity index (χ3v) is 6.43. The van der Waals surface area contributed by atoms with E-state index in [2.05, 4.69) is 53.4 Å². The van der Waals surface area contributed by atoms with E-state index in [1.807, 2.05) is 0 Å². The summed E-state index contributed by atoms with van der Waals surface area (Å²) in [6.45, 7) is 25.8. The molecule has 0 aliphatic carbocycles. The molecule has 0 radical (unpaired) electrons. The van der Waals surface area contributed by atoms with Gasteiger partial charge in [0.1, 0.15) is 0 Å². The van der Waals surface area contributed by atoms with E-state index < -0.39 is 0 Å². The van der Waals surface area contributed by atoms with Crippen LogP contribution < -0.4 is 0 Å². The second-order valence-electron chi connectivity index (χ2n) is 9.55. The molecule has 0 aromatic rings. The Morgan fingerprint density at radius 2 is 0.600 bits per heavy atom. The Balaban J connectivity index is 0. The average molecular weight is 428 g/mol. The fourth-order valence-corrected chi connectivity index (χ4v) is 4.13. The smallest absolute Gasteiger partial charge is 0.0786 e. The summed E-state index contributed by atoms with van der Waals surface area (Å²) in [5.41, 5.74) is 0. The van der Waals surface area contributed by atoms with Gasteiger partial charge in [-0.25, -0.2) is 0 Å². The van der Waals surface area contributed by atoms with Gasteiger partial charge < -0.3 is 9.38 Å². The molecule has 0 saturated heterocycles. The molecule has 0 aromatic heterocycles. The second kappa shape index (κ2) is 25.2. The summed E-state index contributed by atoms with van der Waals surface area (Å²) in [6.07, 6.45) is 19.2. The fourth-order valence-electron chi connectivity index (χ4n) is 4.13. The normalized spacial score (nSPS) is 11.6. The van der Waals surface area contributed by atoms with Crippen LogP contribution in [0.3, 0.4) is 0 Å². The van der Waals surface area contributed by atoms with Crippen LogP contribution in [0, 0.1) is 0 Å². The van der Waals surface area contributed by atoms with E-state index in [9.17, 15) is 0 Å². The van der Waals surface area contributed by atoms with Crippen molar-refractivity contribution in [2.45, 2.75) is 138 Å². The first kappa shape index (κ1) is 32.1. The molecule has 2 nitrogen and oxygen atoms in total. The van der Waals surface area contributed by atoms with Gasteiger partial charge in [-0.1, -0.05) is 93.4 Å². The zero-order valence-electron chi connectivity index (χ0n) is 22.7. The Bertz CT molecular complexity index is 246. The average Bonchev–Trinajstić information content (AvgIpc) is 2.78. The number of unbranched alkanes of at least 4 members (excludes halogenated alkanes) is 7. The molecule has 0 heterocycles. The molecule has 0 amide bonds. The monoisotopic (exact) mass is 427 g/mol. The quantitative estimate of drug-likeness (QED) is 0.166. The Hall–Kier alpha value is -0.0800. The summed E-state index contributed by atoms with van der Waals surface area (Å²) in [7, 11) is 0. The largest absolute Gasteiger partial charge is 0.324 e. The highest BCUT2D eigenvalue weighted by Crippen LogP contribution is 2.16. The third-order valence-electron chi connectivity index (χ3n) is 6.43. The summed E-state index contributed by atoms with van der Waals surface area (Å²) in [4.78, 5) is 2.64. The predicted octanol–water partition coefficient (Wildman–Crippen LogP) is 8.69. The summed E-state index contributed by atoms with van der Waals surface area (Å²) in [5.74, 6) is 0. The Morgan fingerprint density at radius 1 is 0.367 bits per heavy atom. The minimum Gasteiger partial charge on any atom is -0.324 e. The number of rotatable bonds is 21. The minimum atomic E-state index is 1.32. The van der Waals surface area contributed by atoms with Gasteiger partial charge in [0.15, 0.2) is 0 Å². The minimum absolute atomic E-state index is 1.32. The molecule has 0 spiro atoms. The lowest BCUT2D eigenvalue weighted by Crippen LogP contribution is -2.50. The van der Waals surface area contributed by atoms with E-state index in [0.29, 0.717) is 0 Å². The van der Waals surface area contributed by atoms with Crippen LogP contribution in [0.1, 0.15) is 138 Å². The van der Waals surface area contributed by atoms with Gasteiger partial charge in [0, 0.05) is 0 Å². The van der Waals surface area contributed by atoms with E-state index in [1.54, 1.807) is 0 Å². The van der Waals surface area contributed by atoms with Gasteiger partial charge in [0.2, 0.25) is 0 Å². The summed E-state index contributed by atoms with van der Waals surface area (Å²) >= 11 is 0. The third kappa shape index (κ3) is 19.9. The van der Waals surface area contributed by atoms with Crippen LogP contribution in [0.25, 0.3) is 0 Å². The summed E-state index contributed by atoms with van der Waals surface area (Å²) in [5, 5.41) is 0. The molecule has 0 saturated carbocycles. The number of nitrogens with zero attached hydrogens (tertiary/aromatic N) is 2. The van der Waals surface area contributed by atoms with Crippen molar-refractivity contribution in [3.63, 3.8) is 0 Å². The van der Waals surface area contributed by atoms with Crippen molar-refractivity contribution in [3.8, 4) is 0 Å². The number of hydrogen-bond acceptors (Lipinski definition) is 1. The van der Waals surface area contributed by atoms with Crippen molar-refractivity contribution in [2.75, 3.05) is 45.8 Å². The van der Waals surface area contributed by atoms with Crippen molar-refractivity contribution in [1.82, 2.24) is 4.90 Å². The van der Waals surface area contributed by atoms with Crippen molar-refractivity contribution in [3.05, 3.63) is 0 Å². The van der Waals surface area contributed by atoms with Gasteiger partial charge >= 0.3 is 0 Å². The lowest BCUT2D eigenvalue weighted by Gasteiger charge is -2.39. The summed E-state index contributed by atoms with van der Waals surface area (Å²) in [6, 6.07) is 0. The van der Waals surface area contributed by atoms with Crippen LogP contribution in [0.15, 0.2) is 0 Å². The molecule has 0 fully saturated rings. The molecule has 0 N–H and O–H groups in total. The Kier molecular flexibility index (Phi) is 26.9. The molecular weight excluding hydrogens is 364 g/mol. The zero-order valence-corrected chi connectivity index (χ0v) is 22.7. The maximum absolute atomic E-state index is 2.64. The van der Waals surface area contributed by atoms with Crippen LogP contribution in [0.4, 0.5) is 0 Å². The maximum Gasteiger partial charge on any atom is 0.0786 e. The topological polar surface area (TPSA) is 3.24 Å². The predicted molar refractivity (Wildman–Crippen MR) is 141 cm³/mol. The molecular formula is C28H63N2+. The van der Waals surface area contributed by atoms with Gasteiger partial charge in [0.05, 0.1) is 26.2 Å². The fraction of sp³-hybridized carbons (Fsp3) is 1.00. The van der Waals surface area contributed by atoms with Crippen molar-refractivity contribution < 1.29 is 4.48 Å². The van der Waals surface area contributed by atoms with Crippen LogP contribution in [-0.2, 0) is 0 Å². The maximum atomic E-state index is 2.64. The van der Waals surface area contributed by atoms with E-state index in [4.69, 9.17) is 0 Å². The van der Waals surface area contributed by atoms with Crippen molar-refractivity contribution in [1.29, 1.82) is 0 Å². The lowest BCUT2D eigenvalue weighted by molar-refractivity contribution is -0.929. The SMILES string of the molecule is CCCCN(CCCC)CCCC.CCCC[N+](CCCC)(CCCC)CCCC. The van der Waals surface area contributed by atoms with Crippen LogP contribution in [-0.4, -0.2) is 55.2 Å². The van der Waals surface area contributed by atoms with Gasteiger partial charge in [-0.3, -0.25) is 0 Å². The highest BCUT2D eigenvalue weighted by molar-refractivity contribution is 4.57. The number of quaternary nitrogens is 1. The second-order valence-corrected chi connectivity index (χ2v) is 9.55. The van der Waals surface area contributed by atoms with Crippen LogP contribution >= 0.6 is 0 Å². The standard InChI is InChI=1S/C16H36N.C12H27N/c1-5-9-13-17(14-10-6-2,15-11-7-3)16-12-8-4;1-4-7-10-13(11-8-5-2)12-9-6-3/h5-16H2,1-4H3;4-12H2,1-3H3/q+1;. The molecule has 0 aromatic carbocycles. The molecule has 2 heteroatoms. The Morgan fingerprint density at radius 3 is 0.800 bits per heavy atom. The molecule has 0 unspecified atom stereocenters. The first-order valence-electron chi connectivity index (χ1n) is 14.2. The molecule has 0 aliphatic rings. The van der Waals surface area contributed by atoms with E-state index in [-0.39, 0.29) is 0 Å². The molecule has 184 valence electrons. The molecule has 0 rings (SSSR count). The van der Waals surface area contributed by atoms with E-state index >= 15 is 0 Å². The van der Waals surface area contributed by atoms with Crippen molar-refractivity contribution in [2.24, 2.45) is 0 Å². The zero-order chi connectivity index (χ0) is 22.9. The highest BCUT2D eigenvalue weighted by Gasteiger charge is 2.24. The first-order chi connectivity index (χ1) is 14.6. The van der Waals surface area contributed by atoms with Gasteiger partial charge in [-0.2, -0.15) is 0 Å². The van der Waals surface area contributed by atoms with Gasteiger partial charge in [-0.05, 0) is 64.6 Å². The van der Waals surface area contributed by atoms with E-state index in [0.717, 1.165) is 0 Å². The molecule has 0 bridgehead atoms. The first-order valence-corrected chi connectivity index (χ1v) is 14.2. The van der Waals surface area contributed by atoms with Crippen LogP contribution in [0.5, 0.6) is 0 Å². The van der Waals surface area contributed by atoms with E-state index in [1.165, 1.54) is 140 Å². The van der Waals surface area contributed by atoms with Crippen LogP contribution in [0.2, 0.25) is 0 Å². The Labute approximate surface area is 193 Å². The molecule has 0 aliphatic heterocycles. The molecule has 30 heavy (non-hydrogen) atoms. The van der Waals surface area contributed by atoms with Gasteiger partial charge in [-0.15, -0.1) is 0 Å². The highest BCUT2D eigenvalue weighted by atomic mass is 15.3. The lowest BCUT2D eigenvalue weighted by atomic mass is 10.1. The molecule has 0 atom stereocenters. The number of hydrogen-bond donors (Lipinski definition) is 0. The van der Waals surface area contributed by atoms with Crippen molar-refractivity contribution >= 4 is 0 Å². The summed E-state index contributed by atoms with van der Waals surface area (Å²) < 4.78 is 1.42. The van der Waals surface area contributed by atoms with Gasteiger partial charge in [0.25, 0.3) is 0 Å².